The largest absolute Gasteiger partial charge is 0.494 e. The van der Waals surface area contributed by atoms with Crippen molar-refractivity contribution in [2.24, 2.45) is 0 Å². The fourth-order valence-corrected chi connectivity index (χ4v) is 2.33. The van der Waals surface area contributed by atoms with Gasteiger partial charge in [-0.15, -0.1) is 0 Å². The standard InChI is InChI=1S/C20H27NO2/c1-4-14-22-18-11-9-17(10-12-18)21-13-15-23-20-8-6-5-7-19(20)16(2)3/h5-12,16,21H,4,13-15H2,1-3H3. The van der Waals surface area contributed by atoms with Gasteiger partial charge in [0.05, 0.1) is 6.61 Å². The van der Waals surface area contributed by atoms with Gasteiger partial charge in [0.15, 0.2) is 0 Å². The molecule has 0 aliphatic rings. The molecular formula is C20H27NO2. The first kappa shape index (κ1) is 17.2. The van der Waals surface area contributed by atoms with Crippen molar-refractivity contribution in [3.63, 3.8) is 0 Å². The zero-order valence-electron chi connectivity index (χ0n) is 14.3. The molecule has 0 atom stereocenters. The van der Waals surface area contributed by atoms with E-state index in [-0.39, 0.29) is 0 Å². The molecule has 2 rings (SSSR count). The Kier molecular flexibility index (Phi) is 6.79. The van der Waals surface area contributed by atoms with Crippen LogP contribution in [0, 0.1) is 0 Å². The van der Waals surface area contributed by atoms with Crippen LogP contribution in [0.1, 0.15) is 38.7 Å². The lowest BCUT2D eigenvalue weighted by Gasteiger charge is -2.14. The number of anilines is 1. The molecule has 0 radical (unpaired) electrons. The topological polar surface area (TPSA) is 30.5 Å². The van der Waals surface area contributed by atoms with Gasteiger partial charge in [-0.05, 0) is 48.2 Å². The predicted molar refractivity (Wildman–Crippen MR) is 96.7 cm³/mol. The molecule has 1 N–H and O–H groups in total. The lowest BCUT2D eigenvalue weighted by Crippen LogP contribution is -2.12. The van der Waals surface area contributed by atoms with Gasteiger partial charge in [0.1, 0.15) is 18.1 Å². The van der Waals surface area contributed by atoms with E-state index >= 15 is 0 Å². The van der Waals surface area contributed by atoms with Gasteiger partial charge in [0.25, 0.3) is 0 Å². The lowest BCUT2D eigenvalue weighted by atomic mass is 10.0. The molecule has 124 valence electrons. The fourth-order valence-electron chi connectivity index (χ4n) is 2.33. The van der Waals surface area contributed by atoms with Crippen LogP contribution in [0.2, 0.25) is 0 Å². The second-order valence-corrected chi connectivity index (χ2v) is 5.84. The van der Waals surface area contributed by atoms with Gasteiger partial charge in [0.2, 0.25) is 0 Å². The molecule has 2 aromatic rings. The van der Waals surface area contributed by atoms with Crippen LogP contribution in [0.5, 0.6) is 11.5 Å². The number of ether oxygens (including phenoxy) is 2. The average Bonchev–Trinajstić information content (AvgIpc) is 2.58. The van der Waals surface area contributed by atoms with Crippen LogP contribution < -0.4 is 14.8 Å². The molecule has 0 saturated heterocycles. The first-order valence-electron chi connectivity index (χ1n) is 8.39. The molecule has 3 nitrogen and oxygen atoms in total. The summed E-state index contributed by atoms with van der Waals surface area (Å²) in [6, 6.07) is 16.3. The summed E-state index contributed by atoms with van der Waals surface area (Å²) in [6.45, 7) is 8.63. The number of nitrogens with one attached hydrogen (secondary N) is 1. The Bertz CT molecular complexity index is 578. The van der Waals surface area contributed by atoms with Crippen LogP contribution in [0.15, 0.2) is 48.5 Å². The van der Waals surface area contributed by atoms with Crippen molar-refractivity contribution in [3.8, 4) is 11.5 Å². The van der Waals surface area contributed by atoms with Crippen molar-refractivity contribution in [2.45, 2.75) is 33.1 Å². The molecule has 0 fully saturated rings. The highest BCUT2D eigenvalue weighted by Gasteiger charge is 2.06. The summed E-state index contributed by atoms with van der Waals surface area (Å²) in [4.78, 5) is 0. The monoisotopic (exact) mass is 313 g/mol. The molecule has 0 saturated carbocycles. The van der Waals surface area contributed by atoms with E-state index in [0.29, 0.717) is 12.5 Å². The molecule has 0 aliphatic carbocycles. The van der Waals surface area contributed by atoms with Crippen molar-refractivity contribution >= 4 is 5.69 Å². The Hall–Kier alpha value is -2.16. The van der Waals surface area contributed by atoms with E-state index < -0.39 is 0 Å². The molecule has 0 bridgehead atoms. The Labute approximate surface area is 139 Å². The van der Waals surface area contributed by atoms with Crippen LogP contribution >= 0.6 is 0 Å². The zero-order valence-corrected chi connectivity index (χ0v) is 14.3. The third kappa shape index (κ3) is 5.51. The van der Waals surface area contributed by atoms with E-state index in [1.165, 1.54) is 5.56 Å². The highest BCUT2D eigenvalue weighted by molar-refractivity contribution is 5.46. The minimum atomic E-state index is 0.467. The summed E-state index contributed by atoms with van der Waals surface area (Å²) < 4.78 is 11.5. The highest BCUT2D eigenvalue weighted by Crippen LogP contribution is 2.25. The molecule has 0 amide bonds. The minimum absolute atomic E-state index is 0.467. The molecule has 0 aliphatic heterocycles. The maximum absolute atomic E-state index is 5.91. The average molecular weight is 313 g/mol. The summed E-state index contributed by atoms with van der Waals surface area (Å²) >= 11 is 0. The molecular weight excluding hydrogens is 286 g/mol. The van der Waals surface area contributed by atoms with E-state index in [4.69, 9.17) is 9.47 Å². The van der Waals surface area contributed by atoms with Crippen molar-refractivity contribution in [2.75, 3.05) is 25.1 Å². The molecule has 0 unspecified atom stereocenters. The van der Waals surface area contributed by atoms with Gasteiger partial charge >= 0.3 is 0 Å². The van der Waals surface area contributed by atoms with Gasteiger partial charge < -0.3 is 14.8 Å². The fraction of sp³-hybridized carbons (Fsp3) is 0.400. The van der Waals surface area contributed by atoms with E-state index in [1.54, 1.807) is 0 Å². The first-order chi connectivity index (χ1) is 11.2. The molecule has 0 spiro atoms. The number of para-hydroxylation sites is 1. The minimum Gasteiger partial charge on any atom is -0.494 e. The number of rotatable bonds is 9. The smallest absolute Gasteiger partial charge is 0.122 e. The van der Waals surface area contributed by atoms with E-state index in [9.17, 15) is 0 Å². The van der Waals surface area contributed by atoms with Crippen LogP contribution in [-0.2, 0) is 0 Å². The van der Waals surface area contributed by atoms with Crippen molar-refractivity contribution < 1.29 is 9.47 Å². The normalized spacial score (nSPS) is 10.6. The van der Waals surface area contributed by atoms with Crippen LogP contribution in [0.3, 0.4) is 0 Å². The third-order valence-corrected chi connectivity index (χ3v) is 3.56. The van der Waals surface area contributed by atoms with Crippen LogP contribution in [-0.4, -0.2) is 19.8 Å². The van der Waals surface area contributed by atoms with E-state index in [1.807, 2.05) is 36.4 Å². The van der Waals surface area contributed by atoms with E-state index in [0.717, 1.165) is 36.8 Å². The third-order valence-electron chi connectivity index (χ3n) is 3.56. The summed E-state index contributed by atoms with van der Waals surface area (Å²) in [5, 5.41) is 3.37. The summed E-state index contributed by atoms with van der Waals surface area (Å²) in [6.07, 6.45) is 1.02. The predicted octanol–water partition coefficient (Wildman–Crippen LogP) is 5.09. The molecule has 2 aromatic carbocycles. The van der Waals surface area contributed by atoms with Crippen molar-refractivity contribution in [1.29, 1.82) is 0 Å². The maximum Gasteiger partial charge on any atom is 0.122 e. The zero-order chi connectivity index (χ0) is 16.5. The SMILES string of the molecule is CCCOc1ccc(NCCOc2ccccc2C(C)C)cc1. The molecule has 23 heavy (non-hydrogen) atoms. The van der Waals surface area contributed by atoms with Crippen LogP contribution in [0.4, 0.5) is 5.69 Å². The molecule has 3 heteroatoms. The summed E-state index contributed by atoms with van der Waals surface area (Å²) in [5.41, 5.74) is 2.33. The van der Waals surface area contributed by atoms with E-state index in [2.05, 4.69) is 38.2 Å². The quantitative estimate of drug-likeness (QED) is 0.654. The van der Waals surface area contributed by atoms with Gasteiger partial charge in [0, 0.05) is 12.2 Å². The Morgan fingerprint density at radius 3 is 2.35 bits per heavy atom. The summed E-state index contributed by atoms with van der Waals surface area (Å²) in [5.74, 6) is 2.36. The number of benzene rings is 2. The van der Waals surface area contributed by atoms with Crippen molar-refractivity contribution in [3.05, 3.63) is 54.1 Å². The Balaban J connectivity index is 1.77. The highest BCUT2D eigenvalue weighted by atomic mass is 16.5. The second kappa shape index (κ2) is 9.09. The van der Waals surface area contributed by atoms with Crippen molar-refractivity contribution in [1.82, 2.24) is 0 Å². The maximum atomic E-state index is 5.91. The molecule has 0 heterocycles. The van der Waals surface area contributed by atoms with Gasteiger partial charge in [-0.25, -0.2) is 0 Å². The van der Waals surface area contributed by atoms with Gasteiger partial charge in [-0.1, -0.05) is 39.0 Å². The van der Waals surface area contributed by atoms with Gasteiger partial charge in [-0.2, -0.15) is 0 Å². The second-order valence-electron chi connectivity index (χ2n) is 5.84. The summed E-state index contributed by atoms with van der Waals surface area (Å²) in [7, 11) is 0. The number of hydrogen-bond donors (Lipinski definition) is 1. The lowest BCUT2D eigenvalue weighted by molar-refractivity contribution is 0.317. The Morgan fingerprint density at radius 2 is 1.65 bits per heavy atom. The number of hydrogen-bond acceptors (Lipinski definition) is 3. The first-order valence-corrected chi connectivity index (χ1v) is 8.39. The van der Waals surface area contributed by atoms with Gasteiger partial charge in [-0.3, -0.25) is 0 Å². The Morgan fingerprint density at radius 1 is 0.913 bits per heavy atom. The van der Waals surface area contributed by atoms with Crippen LogP contribution in [0.25, 0.3) is 0 Å². The molecule has 0 aromatic heterocycles.